The average molecular weight is 263 g/mol. The number of piperidine rings is 1. The number of piperazine rings is 1. The van der Waals surface area contributed by atoms with E-state index in [1.165, 1.54) is 6.42 Å². The molecule has 2 aliphatic heterocycles. The smallest absolute Gasteiger partial charge is 0.410 e. The summed E-state index contributed by atoms with van der Waals surface area (Å²) in [5, 5.41) is 3.39. The Balaban J connectivity index is 0.00000144. The van der Waals surface area contributed by atoms with Crippen LogP contribution in [0, 0.1) is 0 Å². The standard InChI is InChI=1S/C12H22N2O2.ClH/c1-12(2,3)16-11(15)14-9-5-4-6-10(14)8-13-7-9;/h9-10,13H,4-8H2,1-3H3;1H. The van der Waals surface area contributed by atoms with Crippen LogP contribution < -0.4 is 5.32 Å². The first-order valence-corrected chi connectivity index (χ1v) is 6.19. The molecule has 2 atom stereocenters. The molecular weight excluding hydrogens is 240 g/mol. The minimum atomic E-state index is -0.393. The van der Waals surface area contributed by atoms with Gasteiger partial charge in [0.2, 0.25) is 0 Å². The molecule has 2 fully saturated rings. The molecule has 2 heterocycles. The summed E-state index contributed by atoms with van der Waals surface area (Å²) < 4.78 is 5.47. The van der Waals surface area contributed by atoms with Crippen molar-refractivity contribution < 1.29 is 9.53 Å². The van der Waals surface area contributed by atoms with Gasteiger partial charge in [0.1, 0.15) is 5.60 Å². The van der Waals surface area contributed by atoms with Crippen LogP contribution in [-0.2, 0) is 4.74 Å². The highest BCUT2D eigenvalue weighted by atomic mass is 35.5. The fourth-order valence-electron chi connectivity index (χ4n) is 2.60. The van der Waals surface area contributed by atoms with Gasteiger partial charge in [-0.05, 0) is 40.0 Å². The second-order valence-corrected chi connectivity index (χ2v) is 5.78. The van der Waals surface area contributed by atoms with Crippen LogP contribution in [-0.4, -0.2) is 41.8 Å². The second-order valence-electron chi connectivity index (χ2n) is 5.78. The van der Waals surface area contributed by atoms with Crippen LogP contribution in [0.5, 0.6) is 0 Å². The van der Waals surface area contributed by atoms with Crippen molar-refractivity contribution in [3.63, 3.8) is 0 Å². The molecule has 4 nitrogen and oxygen atoms in total. The van der Waals surface area contributed by atoms with E-state index in [4.69, 9.17) is 4.74 Å². The number of rotatable bonds is 0. The first kappa shape index (κ1) is 14.6. The van der Waals surface area contributed by atoms with Crippen LogP contribution >= 0.6 is 12.4 Å². The van der Waals surface area contributed by atoms with Crippen LogP contribution in [0.1, 0.15) is 40.0 Å². The molecule has 1 N–H and O–H groups in total. The van der Waals surface area contributed by atoms with Gasteiger partial charge in [0.25, 0.3) is 0 Å². The molecule has 2 aliphatic rings. The number of nitrogens with zero attached hydrogens (tertiary/aromatic N) is 1. The van der Waals surface area contributed by atoms with Crippen molar-refractivity contribution in [3.05, 3.63) is 0 Å². The summed E-state index contributed by atoms with van der Waals surface area (Å²) >= 11 is 0. The van der Waals surface area contributed by atoms with Crippen LogP contribution in [0.2, 0.25) is 0 Å². The molecule has 0 spiro atoms. The maximum atomic E-state index is 12.1. The largest absolute Gasteiger partial charge is 0.444 e. The van der Waals surface area contributed by atoms with Crippen molar-refractivity contribution >= 4 is 18.5 Å². The Hall–Kier alpha value is -0.480. The summed E-state index contributed by atoms with van der Waals surface area (Å²) in [6, 6.07) is 0.671. The third kappa shape index (κ3) is 3.49. The van der Waals surface area contributed by atoms with E-state index in [0.29, 0.717) is 12.1 Å². The molecule has 0 radical (unpaired) electrons. The summed E-state index contributed by atoms with van der Waals surface area (Å²) in [5.41, 5.74) is -0.393. The van der Waals surface area contributed by atoms with E-state index >= 15 is 0 Å². The summed E-state index contributed by atoms with van der Waals surface area (Å²) in [6.07, 6.45) is 3.30. The Morgan fingerprint density at radius 2 is 1.76 bits per heavy atom. The zero-order valence-corrected chi connectivity index (χ0v) is 11.7. The van der Waals surface area contributed by atoms with Crippen molar-refractivity contribution in [2.75, 3.05) is 13.1 Å². The molecule has 100 valence electrons. The molecule has 2 rings (SSSR count). The quantitative estimate of drug-likeness (QED) is 0.728. The first-order valence-electron chi connectivity index (χ1n) is 6.19. The zero-order valence-electron chi connectivity index (χ0n) is 10.9. The van der Waals surface area contributed by atoms with E-state index in [1.807, 2.05) is 25.7 Å². The minimum absolute atomic E-state index is 0. The lowest BCUT2D eigenvalue weighted by atomic mass is 9.93. The number of hydrogen-bond donors (Lipinski definition) is 1. The van der Waals surface area contributed by atoms with Gasteiger partial charge in [0.15, 0.2) is 0 Å². The molecule has 0 saturated carbocycles. The highest BCUT2D eigenvalue weighted by Crippen LogP contribution is 2.27. The van der Waals surface area contributed by atoms with Gasteiger partial charge in [-0.1, -0.05) is 0 Å². The number of hydrogen-bond acceptors (Lipinski definition) is 3. The molecule has 2 bridgehead atoms. The molecule has 17 heavy (non-hydrogen) atoms. The monoisotopic (exact) mass is 262 g/mol. The van der Waals surface area contributed by atoms with Crippen molar-refractivity contribution in [2.24, 2.45) is 0 Å². The van der Waals surface area contributed by atoms with Gasteiger partial charge in [0, 0.05) is 25.2 Å². The molecular formula is C12H23ClN2O2. The highest BCUT2D eigenvalue weighted by Gasteiger charge is 2.38. The van der Waals surface area contributed by atoms with Crippen LogP contribution in [0.25, 0.3) is 0 Å². The first-order chi connectivity index (χ1) is 7.47. The van der Waals surface area contributed by atoms with Gasteiger partial charge in [-0.15, -0.1) is 12.4 Å². The lowest BCUT2D eigenvalue weighted by molar-refractivity contribution is -0.0135. The predicted octanol–water partition coefficient (Wildman–Crippen LogP) is 2.17. The van der Waals surface area contributed by atoms with E-state index < -0.39 is 5.60 Å². The van der Waals surface area contributed by atoms with Crippen molar-refractivity contribution in [1.82, 2.24) is 10.2 Å². The normalized spacial score (nSPS) is 28.3. The summed E-state index contributed by atoms with van der Waals surface area (Å²) in [7, 11) is 0. The van der Waals surface area contributed by atoms with Gasteiger partial charge in [-0.3, -0.25) is 4.90 Å². The van der Waals surface area contributed by atoms with E-state index in [-0.39, 0.29) is 18.5 Å². The maximum Gasteiger partial charge on any atom is 0.410 e. The van der Waals surface area contributed by atoms with Gasteiger partial charge >= 0.3 is 6.09 Å². The highest BCUT2D eigenvalue weighted by molar-refractivity contribution is 5.85. The summed E-state index contributed by atoms with van der Waals surface area (Å²) in [5.74, 6) is 0. The Labute approximate surface area is 109 Å². The molecule has 2 saturated heterocycles. The number of amides is 1. The number of halogens is 1. The van der Waals surface area contributed by atoms with Gasteiger partial charge in [-0.25, -0.2) is 4.79 Å². The fraction of sp³-hybridized carbons (Fsp3) is 0.917. The minimum Gasteiger partial charge on any atom is -0.444 e. The molecule has 0 aromatic rings. The Morgan fingerprint density at radius 3 is 2.24 bits per heavy atom. The van der Waals surface area contributed by atoms with Crippen molar-refractivity contribution in [2.45, 2.75) is 57.7 Å². The molecule has 1 amide bonds. The molecule has 0 aliphatic carbocycles. The maximum absolute atomic E-state index is 12.1. The van der Waals surface area contributed by atoms with Gasteiger partial charge < -0.3 is 10.1 Å². The number of ether oxygens (including phenoxy) is 1. The SMILES string of the molecule is CC(C)(C)OC(=O)N1C2CCCC1CNC2.Cl. The van der Waals surface area contributed by atoms with E-state index in [1.54, 1.807) is 0 Å². The summed E-state index contributed by atoms with van der Waals surface area (Å²) in [4.78, 5) is 14.1. The second kappa shape index (κ2) is 5.44. The lowest BCUT2D eigenvalue weighted by Crippen LogP contribution is -2.62. The number of carbonyl (C=O) groups excluding carboxylic acids is 1. The third-order valence-corrected chi connectivity index (χ3v) is 3.23. The Bertz CT molecular complexity index is 256. The lowest BCUT2D eigenvalue weighted by Gasteiger charge is -2.46. The van der Waals surface area contributed by atoms with Crippen molar-refractivity contribution in [1.29, 1.82) is 0 Å². The third-order valence-electron chi connectivity index (χ3n) is 3.23. The molecule has 5 heteroatoms. The van der Waals surface area contributed by atoms with Crippen molar-refractivity contribution in [3.8, 4) is 0 Å². The predicted molar refractivity (Wildman–Crippen MR) is 69.6 cm³/mol. The van der Waals surface area contributed by atoms with E-state index in [9.17, 15) is 4.79 Å². The molecule has 0 aromatic heterocycles. The Kier molecular flexibility index (Phi) is 4.67. The van der Waals surface area contributed by atoms with Crippen LogP contribution in [0.3, 0.4) is 0 Å². The van der Waals surface area contributed by atoms with Crippen LogP contribution in [0.4, 0.5) is 4.79 Å². The summed E-state index contributed by atoms with van der Waals surface area (Å²) in [6.45, 7) is 7.58. The van der Waals surface area contributed by atoms with Gasteiger partial charge in [0.05, 0.1) is 0 Å². The fourth-order valence-corrected chi connectivity index (χ4v) is 2.60. The number of nitrogens with one attached hydrogen (secondary N) is 1. The Morgan fingerprint density at radius 1 is 1.24 bits per heavy atom. The van der Waals surface area contributed by atoms with E-state index in [0.717, 1.165) is 25.9 Å². The molecule has 2 unspecified atom stereocenters. The van der Waals surface area contributed by atoms with Gasteiger partial charge in [-0.2, -0.15) is 0 Å². The molecule has 0 aromatic carbocycles. The topological polar surface area (TPSA) is 41.6 Å². The number of fused-ring (bicyclic) bond motifs is 2. The van der Waals surface area contributed by atoms with E-state index in [2.05, 4.69) is 5.32 Å². The average Bonchev–Trinajstić information content (AvgIpc) is 2.13. The number of carbonyl (C=O) groups is 1. The zero-order chi connectivity index (χ0) is 11.8. The van der Waals surface area contributed by atoms with Crippen LogP contribution in [0.15, 0.2) is 0 Å².